The van der Waals surface area contributed by atoms with Gasteiger partial charge in [0.05, 0.1) is 18.6 Å². The fourth-order valence-corrected chi connectivity index (χ4v) is 2.54. The molecule has 2 atom stereocenters. The molecule has 0 aromatic heterocycles. The van der Waals surface area contributed by atoms with Crippen LogP contribution in [-0.4, -0.2) is 35.7 Å². The second kappa shape index (κ2) is 6.78. The zero-order chi connectivity index (χ0) is 15.5. The van der Waals surface area contributed by atoms with Crippen LogP contribution in [0.1, 0.15) is 47.0 Å². The highest BCUT2D eigenvalue weighted by molar-refractivity contribution is 5.84. The van der Waals surface area contributed by atoms with E-state index < -0.39 is 12.6 Å². The maximum atomic E-state index is 12.4. The van der Waals surface area contributed by atoms with Gasteiger partial charge in [-0.1, -0.05) is 27.7 Å². The van der Waals surface area contributed by atoms with Crippen LogP contribution in [0, 0.1) is 11.8 Å². The van der Waals surface area contributed by atoms with Gasteiger partial charge in [-0.25, -0.2) is 0 Å². The third-order valence-electron chi connectivity index (χ3n) is 3.39. The van der Waals surface area contributed by atoms with Gasteiger partial charge in [0, 0.05) is 6.54 Å². The predicted molar refractivity (Wildman–Crippen MR) is 72.0 cm³/mol. The Labute approximate surface area is 118 Å². The molecule has 6 heteroatoms. The lowest BCUT2D eigenvalue weighted by molar-refractivity contribution is -0.145. The average molecular weight is 294 g/mol. The molecule has 20 heavy (non-hydrogen) atoms. The predicted octanol–water partition coefficient (Wildman–Crippen LogP) is 3.16. The molecule has 1 fully saturated rings. The van der Waals surface area contributed by atoms with Gasteiger partial charge in [-0.3, -0.25) is 10.1 Å². The highest BCUT2D eigenvalue weighted by Crippen LogP contribution is 2.25. The minimum atomic E-state index is -4.22. The second-order valence-electron chi connectivity index (χ2n) is 6.39. The number of halogens is 3. The van der Waals surface area contributed by atoms with Crippen LogP contribution in [0.2, 0.25) is 0 Å². The summed E-state index contributed by atoms with van der Waals surface area (Å²) in [6, 6.07) is -0.341. The van der Waals surface area contributed by atoms with Gasteiger partial charge in [0.2, 0.25) is 5.91 Å². The van der Waals surface area contributed by atoms with Gasteiger partial charge in [0.1, 0.15) is 0 Å². The SMILES string of the molecule is CC(C)CC1NC(CC(C)C)N(CCC(F)(F)F)C1=O. The molecule has 2 unspecified atom stereocenters. The van der Waals surface area contributed by atoms with Gasteiger partial charge in [-0.2, -0.15) is 13.2 Å². The molecule has 1 saturated heterocycles. The highest BCUT2D eigenvalue weighted by atomic mass is 19.4. The Morgan fingerprint density at radius 1 is 1.15 bits per heavy atom. The topological polar surface area (TPSA) is 32.3 Å². The number of nitrogens with zero attached hydrogens (tertiary/aromatic N) is 1. The molecule has 0 bridgehead atoms. The Hall–Kier alpha value is -0.780. The third kappa shape index (κ3) is 5.31. The molecule has 0 spiro atoms. The van der Waals surface area contributed by atoms with Gasteiger partial charge < -0.3 is 4.90 Å². The molecule has 1 amide bonds. The molecule has 0 aromatic carbocycles. The molecule has 1 aliphatic heterocycles. The molecule has 118 valence electrons. The summed E-state index contributed by atoms with van der Waals surface area (Å²) < 4.78 is 37.1. The van der Waals surface area contributed by atoms with Crippen LogP contribution in [-0.2, 0) is 4.79 Å². The Kier molecular flexibility index (Phi) is 5.86. The number of carbonyl (C=O) groups is 1. The van der Waals surface area contributed by atoms with Crippen molar-refractivity contribution in [2.45, 2.75) is 65.3 Å². The smallest absolute Gasteiger partial charge is 0.325 e. The van der Waals surface area contributed by atoms with Crippen molar-refractivity contribution in [3.05, 3.63) is 0 Å². The summed E-state index contributed by atoms with van der Waals surface area (Å²) >= 11 is 0. The van der Waals surface area contributed by atoms with Gasteiger partial charge in [0.25, 0.3) is 0 Å². The van der Waals surface area contributed by atoms with E-state index in [2.05, 4.69) is 5.32 Å². The Balaban J connectivity index is 2.71. The van der Waals surface area contributed by atoms with Crippen LogP contribution in [0.25, 0.3) is 0 Å². The lowest BCUT2D eigenvalue weighted by Crippen LogP contribution is -2.40. The lowest BCUT2D eigenvalue weighted by Gasteiger charge is -2.26. The Morgan fingerprint density at radius 2 is 1.70 bits per heavy atom. The van der Waals surface area contributed by atoms with Crippen LogP contribution in [0.3, 0.4) is 0 Å². The second-order valence-corrected chi connectivity index (χ2v) is 6.39. The molecule has 1 rings (SSSR count). The van der Waals surface area contributed by atoms with E-state index in [1.807, 2.05) is 27.7 Å². The fourth-order valence-electron chi connectivity index (χ4n) is 2.54. The first-order valence-electron chi connectivity index (χ1n) is 7.23. The van der Waals surface area contributed by atoms with Crippen molar-refractivity contribution >= 4 is 5.91 Å². The monoisotopic (exact) mass is 294 g/mol. The van der Waals surface area contributed by atoms with Crippen molar-refractivity contribution in [2.75, 3.05) is 6.54 Å². The largest absolute Gasteiger partial charge is 0.390 e. The van der Waals surface area contributed by atoms with Crippen molar-refractivity contribution in [3.63, 3.8) is 0 Å². The summed E-state index contributed by atoms with van der Waals surface area (Å²) in [5, 5.41) is 3.20. The van der Waals surface area contributed by atoms with E-state index >= 15 is 0 Å². The zero-order valence-electron chi connectivity index (χ0n) is 12.6. The molecular weight excluding hydrogens is 269 g/mol. The molecule has 0 saturated carbocycles. The number of nitrogens with one attached hydrogen (secondary N) is 1. The van der Waals surface area contributed by atoms with Crippen LogP contribution in [0.5, 0.6) is 0 Å². The van der Waals surface area contributed by atoms with Crippen LogP contribution in [0.15, 0.2) is 0 Å². The van der Waals surface area contributed by atoms with E-state index in [9.17, 15) is 18.0 Å². The molecule has 0 aromatic rings. The van der Waals surface area contributed by atoms with E-state index in [4.69, 9.17) is 0 Å². The first kappa shape index (κ1) is 17.3. The highest BCUT2D eigenvalue weighted by Gasteiger charge is 2.40. The lowest BCUT2D eigenvalue weighted by atomic mass is 10.0. The molecule has 0 aliphatic carbocycles. The maximum absolute atomic E-state index is 12.4. The van der Waals surface area contributed by atoms with Crippen molar-refractivity contribution in [1.82, 2.24) is 10.2 Å². The summed E-state index contributed by atoms with van der Waals surface area (Å²) in [6.07, 6.45) is -4.09. The third-order valence-corrected chi connectivity index (χ3v) is 3.39. The standard InChI is InChI=1S/C14H25F3N2O/c1-9(2)7-11-13(20)19(6-5-14(15,16)17)12(18-11)8-10(3)4/h9-12,18H,5-8H2,1-4H3. The fraction of sp³-hybridized carbons (Fsp3) is 0.929. The van der Waals surface area contributed by atoms with Crippen molar-refractivity contribution in [1.29, 1.82) is 0 Å². The summed E-state index contributed by atoms with van der Waals surface area (Å²) in [6.45, 7) is 7.77. The molecule has 1 aliphatic rings. The molecular formula is C14H25F3N2O. The minimum absolute atomic E-state index is 0.186. The van der Waals surface area contributed by atoms with Gasteiger partial charge in [-0.15, -0.1) is 0 Å². The van der Waals surface area contributed by atoms with E-state index in [1.165, 1.54) is 4.90 Å². The maximum Gasteiger partial charge on any atom is 0.390 e. The molecule has 3 nitrogen and oxygen atoms in total. The summed E-state index contributed by atoms with van der Waals surface area (Å²) in [4.78, 5) is 13.6. The normalized spacial score (nSPS) is 24.2. The number of hydrogen-bond donors (Lipinski definition) is 1. The molecule has 1 heterocycles. The van der Waals surface area contributed by atoms with Crippen molar-refractivity contribution in [3.8, 4) is 0 Å². The van der Waals surface area contributed by atoms with Gasteiger partial charge in [-0.05, 0) is 24.7 Å². The van der Waals surface area contributed by atoms with Gasteiger partial charge in [0.15, 0.2) is 0 Å². The number of rotatable bonds is 6. The number of hydrogen-bond acceptors (Lipinski definition) is 2. The summed E-state index contributed by atoms with van der Waals surface area (Å²) in [7, 11) is 0. The van der Waals surface area contributed by atoms with Crippen LogP contribution >= 0.6 is 0 Å². The number of amides is 1. The Bertz CT molecular complexity index is 329. The summed E-state index contributed by atoms with van der Waals surface area (Å²) in [5.41, 5.74) is 0. The van der Waals surface area contributed by atoms with Crippen LogP contribution < -0.4 is 5.32 Å². The zero-order valence-corrected chi connectivity index (χ0v) is 12.6. The van der Waals surface area contributed by atoms with E-state index in [-0.39, 0.29) is 24.7 Å². The average Bonchev–Trinajstić information content (AvgIpc) is 2.50. The molecule has 0 radical (unpaired) electrons. The summed E-state index contributed by atoms with van der Waals surface area (Å²) in [5.74, 6) is 0.471. The first-order chi connectivity index (χ1) is 9.10. The number of carbonyl (C=O) groups excluding carboxylic acids is 1. The van der Waals surface area contributed by atoms with Crippen molar-refractivity contribution < 1.29 is 18.0 Å². The van der Waals surface area contributed by atoms with E-state index in [1.54, 1.807) is 0 Å². The Morgan fingerprint density at radius 3 is 2.15 bits per heavy atom. The van der Waals surface area contributed by atoms with Crippen molar-refractivity contribution in [2.24, 2.45) is 11.8 Å². The van der Waals surface area contributed by atoms with E-state index in [0.717, 1.165) is 0 Å². The van der Waals surface area contributed by atoms with E-state index in [0.29, 0.717) is 24.7 Å². The number of alkyl halides is 3. The quantitative estimate of drug-likeness (QED) is 0.816. The minimum Gasteiger partial charge on any atom is -0.325 e. The molecule has 1 N–H and O–H groups in total. The van der Waals surface area contributed by atoms with Crippen LogP contribution in [0.4, 0.5) is 13.2 Å². The first-order valence-corrected chi connectivity index (χ1v) is 7.23. The van der Waals surface area contributed by atoms with Gasteiger partial charge >= 0.3 is 6.18 Å².